The number of nitrogens with zero attached hydrogens (tertiary/aromatic N) is 2. The molecule has 0 saturated carbocycles. The van der Waals surface area contributed by atoms with Crippen molar-refractivity contribution in [1.29, 1.82) is 0 Å². The molecule has 1 fully saturated rings. The van der Waals surface area contributed by atoms with Gasteiger partial charge in [-0.1, -0.05) is 6.07 Å². The van der Waals surface area contributed by atoms with E-state index in [-0.39, 0.29) is 12.1 Å². The minimum absolute atomic E-state index is 0.0396. The maximum atomic E-state index is 11.5. The minimum Gasteiger partial charge on any atom is -0.329 e. The molecule has 2 rings (SSSR count). The fourth-order valence-corrected chi connectivity index (χ4v) is 1.71. The van der Waals surface area contributed by atoms with E-state index in [1.165, 1.54) is 0 Å². The first kappa shape index (κ1) is 9.92. The molecule has 1 saturated heterocycles. The van der Waals surface area contributed by atoms with Crippen molar-refractivity contribution >= 4 is 6.03 Å². The van der Waals surface area contributed by atoms with Gasteiger partial charge in [0.15, 0.2) is 0 Å². The summed E-state index contributed by atoms with van der Waals surface area (Å²) in [5, 5.41) is 2.90. The number of carbonyl (C=O) groups is 1. The summed E-state index contributed by atoms with van der Waals surface area (Å²) in [5.41, 5.74) is 6.45. The molecule has 0 spiro atoms. The van der Waals surface area contributed by atoms with Gasteiger partial charge in [0, 0.05) is 32.0 Å². The first-order valence-corrected chi connectivity index (χ1v) is 4.96. The number of hydrogen-bond donors (Lipinski definition) is 2. The zero-order chi connectivity index (χ0) is 10.7. The van der Waals surface area contributed by atoms with Gasteiger partial charge in [-0.15, -0.1) is 0 Å². The van der Waals surface area contributed by atoms with Crippen molar-refractivity contribution in [2.45, 2.75) is 6.04 Å². The van der Waals surface area contributed by atoms with Gasteiger partial charge in [0.05, 0.1) is 6.04 Å². The Bertz CT molecular complexity index is 341. The van der Waals surface area contributed by atoms with E-state index in [1.807, 2.05) is 12.1 Å². The molecule has 0 radical (unpaired) electrons. The Hall–Kier alpha value is -1.62. The number of aromatic nitrogens is 1. The Balaban J connectivity index is 2.06. The molecule has 1 aliphatic heterocycles. The lowest BCUT2D eigenvalue weighted by atomic mass is 10.1. The highest BCUT2D eigenvalue weighted by molar-refractivity contribution is 5.77. The summed E-state index contributed by atoms with van der Waals surface area (Å²) in [4.78, 5) is 17.2. The summed E-state index contributed by atoms with van der Waals surface area (Å²) in [6.45, 7) is 1.76. The SMILES string of the molecule is NCCN1CC(c2cccnc2)NC1=O. The number of hydrogen-bond acceptors (Lipinski definition) is 3. The summed E-state index contributed by atoms with van der Waals surface area (Å²) in [6, 6.07) is 3.82. The van der Waals surface area contributed by atoms with Crippen LogP contribution in [0.4, 0.5) is 4.79 Å². The van der Waals surface area contributed by atoms with E-state index in [2.05, 4.69) is 10.3 Å². The fourth-order valence-electron chi connectivity index (χ4n) is 1.71. The van der Waals surface area contributed by atoms with Crippen LogP contribution in [0.15, 0.2) is 24.5 Å². The van der Waals surface area contributed by atoms with Crippen LogP contribution in [0.1, 0.15) is 11.6 Å². The highest BCUT2D eigenvalue weighted by atomic mass is 16.2. The Kier molecular flexibility index (Phi) is 2.82. The van der Waals surface area contributed by atoms with Crippen LogP contribution in [-0.4, -0.2) is 35.5 Å². The van der Waals surface area contributed by atoms with Crippen LogP contribution in [0, 0.1) is 0 Å². The van der Waals surface area contributed by atoms with Crippen molar-refractivity contribution in [2.24, 2.45) is 5.73 Å². The molecule has 0 bridgehead atoms. The van der Waals surface area contributed by atoms with Crippen LogP contribution in [0.25, 0.3) is 0 Å². The molecule has 5 heteroatoms. The molecule has 15 heavy (non-hydrogen) atoms. The van der Waals surface area contributed by atoms with Gasteiger partial charge in [0.1, 0.15) is 0 Å². The van der Waals surface area contributed by atoms with Crippen molar-refractivity contribution in [3.8, 4) is 0 Å². The lowest BCUT2D eigenvalue weighted by Gasteiger charge is -2.12. The van der Waals surface area contributed by atoms with Crippen molar-refractivity contribution in [2.75, 3.05) is 19.6 Å². The van der Waals surface area contributed by atoms with E-state index in [4.69, 9.17) is 5.73 Å². The monoisotopic (exact) mass is 206 g/mol. The molecular weight excluding hydrogens is 192 g/mol. The van der Waals surface area contributed by atoms with Crippen LogP contribution >= 0.6 is 0 Å². The molecule has 0 aliphatic carbocycles. The highest BCUT2D eigenvalue weighted by Gasteiger charge is 2.28. The summed E-state index contributed by atoms with van der Waals surface area (Å²) >= 11 is 0. The van der Waals surface area contributed by atoms with Crippen molar-refractivity contribution < 1.29 is 4.79 Å². The quantitative estimate of drug-likeness (QED) is 0.737. The molecule has 1 aromatic heterocycles. The third-order valence-electron chi connectivity index (χ3n) is 2.47. The zero-order valence-corrected chi connectivity index (χ0v) is 8.39. The Morgan fingerprint density at radius 1 is 1.67 bits per heavy atom. The number of pyridine rings is 1. The van der Waals surface area contributed by atoms with Gasteiger partial charge in [-0.25, -0.2) is 4.79 Å². The second kappa shape index (κ2) is 4.27. The number of nitrogens with two attached hydrogens (primary N) is 1. The number of amides is 2. The first-order valence-electron chi connectivity index (χ1n) is 4.96. The fraction of sp³-hybridized carbons (Fsp3) is 0.400. The van der Waals surface area contributed by atoms with Gasteiger partial charge in [-0.3, -0.25) is 4.98 Å². The molecule has 0 aromatic carbocycles. The predicted octanol–water partition coefficient (Wildman–Crippen LogP) is 0.107. The van der Waals surface area contributed by atoms with Gasteiger partial charge in [-0.05, 0) is 11.6 Å². The van der Waals surface area contributed by atoms with Gasteiger partial charge < -0.3 is 16.0 Å². The summed E-state index contributed by atoms with van der Waals surface area (Å²) in [5.74, 6) is 0. The van der Waals surface area contributed by atoms with Crippen LogP contribution in [0.2, 0.25) is 0 Å². The summed E-state index contributed by atoms with van der Waals surface area (Å²) < 4.78 is 0. The average Bonchev–Trinajstić information content (AvgIpc) is 2.63. The molecule has 5 nitrogen and oxygen atoms in total. The molecule has 1 atom stereocenters. The minimum atomic E-state index is -0.0469. The second-order valence-electron chi connectivity index (χ2n) is 3.52. The van der Waals surface area contributed by atoms with E-state index in [0.717, 1.165) is 5.56 Å². The topological polar surface area (TPSA) is 71.2 Å². The Morgan fingerprint density at radius 3 is 3.20 bits per heavy atom. The van der Waals surface area contributed by atoms with E-state index >= 15 is 0 Å². The molecule has 1 aromatic rings. The molecule has 2 heterocycles. The molecule has 3 N–H and O–H groups in total. The molecule has 80 valence electrons. The average molecular weight is 206 g/mol. The van der Waals surface area contributed by atoms with E-state index in [1.54, 1.807) is 17.3 Å². The van der Waals surface area contributed by atoms with E-state index < -0.39 is 0 Å². The van der Waals surface area contributed by atoms with Gasteiger partial charge in [-0.2, -0.15) is 0 Å². The van der Waals surface area contributed by atoms with Crippen molar-refractivity contribution in [3.63, 3.8) is 0 Å². The molecule has 1 aliphatic rings. The van der Waals surface area contributed by atoms with E-state index in [0.29, 0.717) is 19.6 Å². The van der Waals surface area contributed by atoms with Gasteiger partial charge in [0.25, 0.3) is 0 Å². The number of urea groups is 1. The zero-order valence-electron chi connectivity index (χ0n) is 8.39. The van der Waals surface area contributed by atoms with Crippen LogP contribution in [0.3, 0.4) is 0 Å². The predicted molar refractivity (Wildman–Crippen MR) is 56.1 cm³/mol. The third kappa shape index (κ3) is 2.07. The lowest BCUT2D eigenvalue weighted by molar-refractivity contribution is 0.218. The smallest absolute Gasteiger partial charge is 0.318 e. The van der Waals surface area contributed by atoms with Crippen molar-refractivity contribution in [3.05, 3.63) is 30.1 Å². The molecular formula is C10H14N4O. The first-order chi connectivity index (χ1) is 7.31. The molecule has 1 unspecified atom stereocenters. The Labute approximate surface area is 88.3 Å². The third-order valence-corrected chi connectivity index (χ3v) is 2.47. The normalized spacial score (nSPS) is 20.5. The van der Waals surface area contributed by atoms with Gasteiger partial charge in [0.2, 0.25) is 0 Å². The number of carbonyl (C=O) groups excluding carboxylic acids is 1. The second-order valence-corrected chi connectivity index (χ2v) is 3.52. The largest absolute Gasteiger partial charge is 0.329 e. The van der Waals surface area contributed by atoms with Crippen molar-refractivity contribution in [1.82, 2.24) is 15.2 Å². The number of rotatable bonds is 3. The summed E-state index contributed by atoms with van der Waals surface area (Å²) in [7, 11) is 0. The van der Waals surface area contributed by atoms with Crippen LogP contribution in [-0.2, 0) is 0 Å². The maximum Gasteiger partial charge on any atom is 0.318 e. The lowest BCUT2D eigenvalue weighted by Crippen LogP contribution is -2.32. The van der Waals surface area contributed by atoms with E-state index in [9.17, 15) is 4.79 Å². The van der Waals surface area contributed by atoms with Crippen LogP contribution in [0.5, 0.6) is 0 Å². The number of nitrogens with one attached hydrogen (secondary N) is 1. The highest BCUT2D eigenvalue weighted by Crippen LogP contribution is 2.18. The van der Waals surface area contributed by atoms with Crippen LogP contribution < -0.4 is 11.1 Å². The van der Waals surface area contributed by atoms with Gasteiger partial charge >= 0.3 is 6.03 Å². The standard InChI is InChI=1S/C10H14N4O/c11-3-5-14-7-9(13-10(14)15)8-2-1-4-12-6-8/h1-2,4,6,9H,3,5,7,11H2,(H,13,15). The Morgan fingerprint density at radius 2 is 2.53 bits per heavy atom. The molecule has 2 amide bonds. The summed E-state index contributed by atoms with van der Waals surface area (Å²) in [6.07, 6.45) is 3.49. The maximum absolute atomic E-state index is 11.5.